The van der Waals surface area contributed by atoms with Crippen LogP contribution in [0.5, 0.6) is 0 Å². The number of piperazine rings is 1. The lowest BCUT2D eigenvalue weighted by atomic mass is 9.92. The molecule has 3 unspecified atom stereocenters. The van der Waals surface area contributed by atoms with E-state index in [1.807, 2.05) is 24.3 Å². The van der Waals surface area contributed by atoms with Gasteiger partial charge in [0.1, 0.15) is 18.0 Å². The Labute approximate surface area is 216 Å². The average Bonchev–Trinajstić information content (AvgIpc) is 3.49. The third-order valence-corrected chi connectivity index (χ3v) is 8.78. The average molecular weight is 509 g/mol. The summed E-state index contributed by atoms with van der Waals surface area (Å²) in [6.07, 6.45) is 4.36. The van der Waals surface area contributed by atoms with Crippen LogP contribution < -0.4 is 15.5 Å². The molecule has 1 aliphatic carbocycles. The van der Waals surface area contributed by atoms with Gasteiger partial charge in [-0.25, -0.2) is 9.97 Å². The molecule has 4 heterocycles. The number of nitrogens with zero attached hydrogens (tertiary/aromatic N) is 4. The van der Waals surface area contributed by atoms with Gasteiger partial charge < -0.3 is 20.4 Å². The highest BCUT2D eigenvalue weighted by Crippen LogP contribution is 2.60. The molecular weight excluding hydrogens is 476 g/mol. The first-order valence-corrected chi connectivity index (χ1v) is 13.4. The molecule has 190 valence electrons. The van der Waals surface area contributed by atoms with Crippen LogP contribution in [0.2, 0.25) is 5.02 Å². The number of anilines is 2. The predicted molar refractivity (Wildman–Crippen MR) is 139 cm³/mol. The fourth-order valence-corrected chi connectivity index (χ4v) is 6.60. The first-order valence-electron chi connectivity index (χ1n) is 13.0. The molecule has 2 amide bonds. The lowest BCUT2D eigenvalue weighted by Gasteiger charge is -2.44. The Bertz CT molecular complexity index is 1190. The molecule has 8 nitrogen and oxygen atoms in total. The van der Waals surface area contributed by atoms with Gasteiger partial charge in [0, 0.05) is 59.7 Å². The molecule has 6 rings (SSSR count). The van der Waals surface area contributed by atoms with E-state index in [2.05, 4.69) is 46.2 Å². The number of carbonyl (C=O) groups excluding carboxylic acids is 2. The maximum atomic E-state index is 14.0. The number of carbonyl (C=O) groups is 2. The number of hydrogen-bond acceptors (Lipinski definition) is 6. The largest absolute Gasteiger partial charge is 0.352 e. The molecule has 5 atom stereocenters. The van der Waals surface area contributed by atoms with E-state index in [0.29, 0.717) is 23.4 Å². The fourth-order valence-electron chi connectivity index (χ4n) is 6.48. The van der Waals surface area contributed by atoms with Crippen molar-refractivity contribution < 1.29 is 9.59 Å². The summed E-state index contributed by atoms with van der Waals surface area (Å²) in [5, 5.41) is 7.13. The van der Waals surface area contributed by atoms with Gasteiger partial charge in [-0.15, -0.1) is 0 Å². The summed E-state index contributed by atoms with van der Waals surface area (Å²) in [6, 6.07) is 8.23. The van der Waals surface area contributed by atoms with E-state index in [-0.39, 0.29) is 41.1 Å². The van der Waals surface area contributed by atoms with E-state index >= 15 is 0 Å². The lowest BCUT2D eigenvalue weighted by Crippen LogP contribution is -2.58. The predicted octanol–water partition coefficient (Wildman–Crippen LogP) is 3.32. The number of hydrogen-bond donors (Lipinski definition) is 2. The van der Waals surface area contributed by atoms with Crippen LogP contribution in [0.1, 0.15) is 57.1 Å². The van der Waals surface area contributed by atoms with Crippen LogP contribution in [0.25, 0.3) is 0 Å². The molecule has 0 spiro atoms. The van der Waals surface area contributed by atoms with Crippen LogP contribution >= 0.6 is 11.6 Å². The Hall–Kier alpha value is -2.71. The van der Waals surface area contributed by atoms with Crippen molar-refractivity contribution in [3.05, 3.63) is 46.7 Å². The lowest BCUT2D eigenvalue weighted by molar-refractivity contribution is -0.136. The molecule has 36 heavy (non-hydrogen) atoms. The van der Waals surface area contributed by atoms with Crippen molar-refractivity contribution >= 4 is 35.1 Å². The fraction of sp³-hybridized carbons (Fsp3) is 0.556. The van der Waals surface area contributed by atoms with Gasteiger partial charge >= 0.3 is 0 Å². The number of halogens is 1. The van der Waals surface area contributed by atoms with Crippen molar-refractivity contribution in [1.29, 1.82) is 0 Å². The van der Waals surface area contributed by atoms with E-state index < -0.39 is 0 Å². The number of aromatic nitrogens is 2. The topological polar surface area (TPSA) is 90.5 Å². The molecule has 3 fully saturated rings. The van der Waals surface area contributed by atoms with Crippen LogP contribution in [0.4, 0.5) is 11.6 Å². The van der Waals surface area contributed by atoms with Crippen LogP contribution in [0.3, 0.4) is 0 Å². The summed E-state index contributed by atoms with van der Waals surface area (Å²) in [5.41, 5.74) is 1.87. The van der Waals surface area contributed by atoms with Gasteiger partial charge in [0.25, 0.3) is 0 Å². The Morgan fingerprint density at radius 1 is 1.19 bits per heavy atom. The first kappa shape index (κ1) is 23.7. The molecule has 1 saturated carbocycles. The maximum absolute atomic E-state index is 14.0. The summed E-state index contributed by atoms with van der Waals surface area (Å²) in [4.78, 5) is 40.0. The molecular formula is C27H33ClN6O2. The number of amides is 2. The highest BCUT2D eigenvalue weighted by molar-refractivity contribution is 6.30. The van der Waals surface area contributed by atoms with Gasteiger partial charge in [0.2, 0.25) is 11.8 Å². The van der Waals surface area contributed by atoms with Crippen molar-refractivity contribution in [3.63, 3.8) is 0 Å². The molecule has 0 radical (unpaired) electrons. The zero-order valence-electron chi connectivity index (χ0n) is 21.0. The molecule has 2 bridgehead atoms. The molecule has 2 saturated heterocycles. The maximum Gasteiger partial charge on any atom is 0.232 e. The van der Waals surface area contributed by atoms with Gasteiger partial charge in [0.15, 0.2) is 0 Å². The van der Waals surface area contributed by atoms with Gasteiger partial charge in [-0.3, -0.25) is 9.59 Å². The van der Waals surface area contributed by atoms with Crippen LogP contribution in [-0.4, -0.2) is 64.4 Å². The van der Waals surface area contributed by atoms with Crippen molar-refractivity contribution in [2.24, 2.45) is 5.92 Å². The van der Waals surface area contributed by atoms with E-state index in [4.69, 9.17) is 16.6 Å². The van der Waals surface area contributed by atoms with Gasteiger partial charge in [-0.05, 0) is 37.0 Å². The highest BCUT2D eigenvalue weighted by Gasteiger charge is 2.61. The molecule has 4 aliphatic rings. The minimum atomic E-state index is -0.257. The van der Waals surface area contributed by atoms with E-state index in [9.17, 15) is 9.59 Å². The smallest absolute Gasteiger partial charge is 0.232 e. The van der Waals surface area contributed by atoms with Crippen LogP contribution in [-0.2, 0) is 15.0 Å². The molecule has 9 heteroatoms. The molecule has 3 aliphatic heterocycles. The van der Waals surface area contributed by atoms with E-state index in [1.165, 1.54) is 0 Å². The number of fused-ring (bicyclic) bond motifs is 5. The summed E-state index contributed by atoms with van der Waals surface area (Å²) in [6.45, 7) is 8.42. The van der Waals surface area contributed by atoms with E-state index in [0.717, 1.165) is 49.3 Å². The number of nitrogens with one attached hydrogen (secondary N) is 2. The van der Waals surface area contributed by atoms with Gasteiger partial charge in [-0.1, -0.05) is 44.5 Å². The Morgan fingerprint density at radius 2 is 1.89 bits per heavy atom. The number of benzene rings is 1. The third-order valence-electron chi connectivity index (χ3n) is 8.53. The molecule has 1 aromatic heterocycles. The minimum Gasteiger partial charge on any atom is -0.352 e. The minimum absolute atomic E-state index is 0.00271. The second-order valence-corrected chi connectivity index (χ2v) is 11.7. The first-order chi connectivity index (χ1) is 17.3. The normalized spacial score (nSPS) is 29.0. The van der Waals surface area contributed by atoms with Crippen molar-refractivity contribution in [2.45, 2.75) is 69.5 Å². The van der Waals surface area contributed by atoms with Crippen LogP contribution in [0.15, 0.2) is 30.6 Å². The summed E-state index contributed by atoms with van der Waals surface area (Å²) in [5.74, 6) is 1.56. The summed E-state index contributed by atoms with van der Waals surface area (Å²) in [7, 11) is 0. The molecule has 1 aromatic carbocycles. The van der Waals surface area contributed by atoms with Crippen molar-refractivity contribution in [3.8, 4) is 0 Å². The highest BCUT2D eigenvalue weighted by atomic mass is 35.5. The zero-order valence-corrected chi connectivity index (χ0v) is 21.8. The standard InChI is InChI=1S/C27H33ClN6O2/c1-15(2)29-11-20(16-4-6-17(28)7-5-16)26(36)34-18-8-9-19(34)13-33(12-18)24-22-23(30-14-31-24)32-25(35)21-10-27(21,22)3/h4-7,14-15,18-21,29H,8-13H2,1-3H3,(H,30,31,32,35)/t18?,19?,20-,21-,27?/m1/s1. The molecule has 2 N–H and O–H groups in total. The summed E-state index contributed by atoms with van der Waals surface area (Å²) < 4.78 is 0. The van der Waals surface area contributed by atoms with E-state index in [1.54, 1.807) is 6.33 Å². The Balaban J connectivity index is 1.26. The van der Waals surface area contributed by atoms with Gasteiger partial charge in [-0.2, -0.15) is 0 Å². The van der Waals surface area contributed by atoms with Crippen molar-refractivity contribution in [2.75, 3.05) is 29.9 Å². The third kappa shape index (κ3) is 3.86. The van der Waals surface area contributed by atoms with Gasteiger partial charge in [0.05, 0.1) is 5.92 Å². The second kappa shape index (κ2) is 8.70. The SMILES string of the molecule is CC(C)NC[C@@H](C(=O)N1C2CCC1CN(c1ncnc3c1C1(C)C[C@@H]1C(=O)N3)C2)c1ccc(Cl)cc1. The van der Waals surface area contributed by atoms with Crippen molar-refractivity contribution in [1.82, 2.24) is 20.2 Å². The number of rotatable bonds is 6. The Kier molecular flexibility index (Phi) is 5.72. The quantitative estimate of drug-likeness (QED) is 0.622. The molecule has 2 aromatic rings. The second-order valence-electron chi connectivity index (χ2n) is 11.3. The summed E-state index contributed by atoms with van der Waals surface area (Å²) >= 11 is 6.13. The Morgan fingerprint density at radius 3 is 2.56 bits per heavy atom. The van der Waals surface area contributed by atoms with Crippen LogP contribution in [0, 0.1) is 5.92 Å². The monoisotopic (exact) mass is 508 g/mol. The zero-order chi connectivity index (χ0) is 25.2.